The molecule has 0 radical (unpaired) electrons. The molecular formula is C21H29N5O6S. The maximum atomic E-state index is 12.1. The second-order valence-electron chi connectivity index (χ2n) is 8.08. The highest BCUT2D eigenvalue weighted by Gasteiger charge is 2.27. The fourth-order valence-electron chi connectivity index (χ4n) is 3.34. The Kier molecular flexibility index (Phi) is 7.69. The van der Waals surface area contributed by atoms with E-state index in [2.05, 4.69) is 20.3 Å². The predicted octanol–water partition coefficient (Wildman–Crippen LogP) is 2.21. The van der Waals surface area contributed by atoms with Crippen molar-refractivity contribution < 1.29 is 27.8 Å². The number of likely N-dealkylation sites (tertiary alicyclic amines) is 1. The number of pyridine rings is 1. The second-order valence-corrected chi connectivity index (χ2v) is 10.0. The van der Waals surface area contributed by atoms with Crippen molar-refractivity contribution in [3.8, 4) is 5.88 Å². The zero-order valence-corrected chi connectivity index (χ0v) is 19.9. The minimum Gasteiger partial charge on any atom is -0.474 e. The van der Waals surface area contributed by atoms with E-state index in [1.54, 1.807) is 17.9 Å². The Hall–Kier alpha value is -2.99. The average Bonchev–Trinajstić information content (AvgIpc) is 2.74. The first-order valence-electron chi connectivity index (χ1n) is 10.6. The molecule has 0 spiro atoms. The third-order valence-corrected chi connectivity index (χ3v) is 6.06. The van der Waals surface area contributed by atoms with Crippen LogP contribution in [0, 0.1) is 6.92 Å². The van der Waals surface area contributed by atoms with Crippen LogP contribution < -0.4 is 10.1 Å². The summed E-state index contributed by atoms with van der Waals surface area (Å²) in [5.74, 6) is 0.578. The van der Waals surface area contributed by atoms with Crippen LogP contribution >= 0.6 is 0 Å². The van der Waals surface area contributed by atoms with Gasteiger partial charge in [-0.3, -0.25) is 0 Å². The van der Waals surface area contributed by atoms with Gasteiger partial charge in [0, 0.05) is 32.2 Å². The van der Waals surface area contributed by atoms with E-state index in [-0.39, 0.29) is 35.8 Å². The smallest absolute Gasteiger partial charge is 0.410 e. The first kappa shape index (κ1) is 24.6. The van der Waals surface area contributed by atoms with Gasteiger partial charge in [-0.25, -0.2) is 28.2 Å². The maximum absolute atomic E-state index is 12.1. The van der Waals surface area contributed by atoms with E-state index in [9.17, 15) is 18.3 Å². The molecule has 1 amide bonds. The summed E-state index contributed by atoms with van der Waals surface area (Å²) in [6.45, 7) is 5.92. The molecule has 2 N–H and O–H groups in total. The molecule has 12 heteroatoms. The number of aliphatic hydroxyl groups excluding tert-OH is 1. The number of aromatic nitrogens is 3. The van der Waals surface area contributed by atoms with Gasteiger partial charge in [0.15, 0.2) is 14.9 Å². The summed E-state index contributed by atoms with van der Waals surface area (Å²) in [6, 6.07) is 2.99. The molecule has 33 heavy (non-hydrogen) atoms. The summed E-state index contributed by atoms with van der Waals surface area (Å²) in [7, 11) is -3.42. The highest BCUT2D eigenvalue weighted by Crippen LogP contribution is 2.28. The topological polar surface area (TPSA) is 144 Å². The molecule has 0 saturated carbocycles. The lowest BCUT2D eigenvalue weighted by Crippen LogP contribution is -2.42. The highest BCUT2D eigenvalue weighted by atomic mass is 32.2. The van der Waals surface area contributed by atoms with Gasteiger partial charge in [-0.2, -0.15) is 0 Å². The number of piperidine rings is 1. The van der Waals surface area contributed by atoms with Crippen LogP contribution in [0.2, 0.25) is 0 Å². The summed E-state index contributed by atoms with van der Waals surface area (Å²) in [4.78, 5) is 26.2. The number of nitrogens with zero attached hydrogens (tertiary/aromatic N) is 4. The van der Waals surface area contributed by atoms with Gasteiger partial charge >= 0.3 is 6.09 Å². The lowest BCUT2D eigenvalue weighted by Gasteiger charge is -2.32. The fourth-order valence-corrected chi connectivity index (χ4v) is 3.96. The number of rotatable bonds is 7. The van der Waals surface area contributed by atoms with Crippen molar-refractivity contribution in [2.75, 3.05) is 24.7 Å². The largest absolute Gasteiger partial charge is 0.474 e. The standard InChI is InChI=1S/C21H29N5O6S/c1-13(2)31-21(28)26-9-7-15(8-10-26)32-20-16(11-27)19(22-12-23-20)25-17-5-6-18(24-14(17)3)33(4,29)30/h5-6,12-13,15,27H,7-11H2,1-4H3,(H,22,23,25). The predicted molar refractivity (Wildman–Crippen MR) is 120 cm³/mol. The number of carbonyl (C=O) groups excluding carboxylic acids is 1. The molecule has 3 heterocycles. The van der Waals surface area contributed by atoms with Crippen LogP contribution in [-0.2, 0) is 21.2 Å². The van der Waals surface area contributed by atoms with Crippen LogP contribution in [0.15, 0.2) is 23.5 Å². The molecule has 180 valence electrons. The Morgan fingerprint density at radius 3 is 2.55 bits per heavy atom. The highest BCUT2D eigenvalue weighted by molar-refractivity contribution is 7.90. The molecular weight excluding hydrogens is 450 g/mol. The van der Waals surface area contributed by atoms with E-state index < -0.39 is 9.84 Å². The van der Waals surface area contributed by atoms with Crippen LogP contribution in [0.4, 0.5) is 16.3 Å². The first-order chi connectivity index (χ1) is 15.6. The number of anilines is 2. The number of aliphatic hydroxyl groups is 1. The zero-order valence-electron chi connectivity index (χ0n) is 19.1. The third-order valence-electron chi connectivity index (χ3n) is 5.07. The van der Waals surface area contributed by atoms with Crippen LogP contribution in [0.25, 0.3) is 0 Å². The lowest BCUT2D eigenvalue weighted by molar-refractivity contribution is 0.0502. The van der Waals surface area contributed by atoms with Crippen molar-refractivity contribution >= 4 is 27.4 Å². The summed E-state index contributed by atoms with van der Waals surface area (Å²) in [6.07, 6.45) is 2.92. The van der Waals surface area contributed by atoms with E-state index in [4.69, 9.17) is 9.47 Å². The van der Waals surface area contributed by atoms with E-state index in [0.717, 1.165) is 6.26 Å². The summed E-state index contributed by atoms with van der Waals surface area (Å²) in [5.41, 5.74) is 1.37. The number of sulfone groups is 1. The number of amides is 1. The molecule has 1 aliphatic rings. The maximum Gasteiger partial charge on any atom is 0.410 e. The molecule has 0 bridgehead atoms. The monoisotopic (exact) mass is 479 g/mol. The Labute approximate surface area is 193 Å². The van der Waals surface area contributed by atoms with E-state index >= 15 is 0 Å². The van der Waals surface area contributed by atoms with Crippen molar-refractivity contribution in [3.05, 3.63) is 29.7 Å². The SMILES string of the molecule is Cc1nc(S(C)(=O)=O)ccc1Nc1ncnc(OC2CCN(C(=O)OC(C)C)CC2)c1CO. The van der Waals surface area contributed by atoms with Gasteiger partial charge in [0.25, 0.3) is 0 Å². The lowest BCUT2D eigenvalue weighted by atomic mass is 10.1. The molecule has 3 rings (SSSR count). The molecule has 0 aliphatic carbocycles. The minimum atomic E-state index is -3.42. The van der Waals surface area contributed by atoms with Crippen LogP contribution in [0.3, 0.4) is 0 Å². The summed E-state index contributed by atoms with van der Waals surface area (Å²) < 4.78 is 34.7. The third kappa shape index (κ3) is 6.29. The van der Waals surface area contributed by atoms with Gasteiger partial charge in [0.2, 0.25) is 5.88 Å². The molecule has 0 atom stereocenters. The van der Waals surface area contributed by atoms with Gasteiger partial charge in [0.05, 0.1) is 29.7 Å². The number of nitrogens with one attached hydrogen (secondary N) is 1. The van der Waals surface area contributed by atoms with Crippen molar-refractivity contribution in [1.29, 1.82) is 0 Å². The molecule has 1 saturated heterocycles. The average molecular weight is 480 g/mol. The van der Waals surface area contributed by atoms with Gasteiger partial charge in [-0.15, -0.1) is 0 Å². The number of hydrogen-bond donors (Lipinski definition) is 2. The number of carbonyl (C=O) groups is 1. The number of aryl methyl sites for hydroxylation is 1. The molecule has 2 aromatic rings. The van der Waals surface area contributed by atoms with Crippen molar-refractivity contribution in [3.63, 3.8) is 0 Å². The van der Waals surface area contributed by atoms with Gasteiger partial charge in [-0.1, -0.05) is 0 Å². The zero-order chi connectivity index (χ0) is 24.2. The van der Waals surface area contributed by atoms with Crippen LogP contribution in [-0.4, -0.2) is 71.0 Å². The fraction of sp³-hybridized carbons (Fsp3) is 0.524. The Balaban J connectivity index is 1.71. The van der Waals surface area contributed by atoms with Crippen LogP contribution in [0.5, 0.6) is 5.88 Å². The number of ether oxygens (including phenoxy) is 2. The number of hydrogen-bond acceptors (Lipinski definition) is 10. The van der Waals surface area contributed by atoms with E-state index in [1.165, 1.54) is 12.4 Å². The first-order valence-corrected chi connectivity index (χ1v) is 12.5. The van der Waals surface area contributed by atoms with Crippen molar-refractivity contribution in [2.45, 2.75) is 57.5 Å². The van der Waals surface area contributed by atoms with Crippen LogP contribution in [0.1, 0.15) is 37.9 Å². The van der Waals surface area contributed by atoms with E-state index in [0.29, 0.717) is 48.7 Å². The van der Waals surface area contributed by atoms with E-state index in [1.807, 2.05) is 13.8 Å². The van der Waals surface area contributed by atoms with Gasteiger partial charge in [-0.05, 0) is 32.9 Å². The molecule has 0 aromatic carbocycles. The Morgan fingerprint density at radius 2 is 1.97 bits per heavy atom. The Morgan fingerprint density at radius 1 is 1.27 bits per heavy atom. The normalized spacial score (nSPS) is 14.9. The summed E-state index contributed by atoms with van der Waals surface area (Å²) >= 11 is 0. The second kappa shape index (κ2) is 10.3. The van der Waals surface area contributed by atoms with Gasteiger partial charge < -0.3 is 24.8 Å². The summed E-state index contributed by atoms with van der Waals surface area (Å²) in [5, 5.41) is 13.0. The quantitative estimate of drug-likeness (QED) is 0.606. The van der Waals surface area contributed by atoms with Crippen molar-refractivity contribution in [2.24, 2.45) is 0 Å². The molecule has 2 aromatic heterocycles. The van der Waals surface area contributed by atoms with Crippen molar-refractivity contribution in [1.82, 2.24) is 19.9 Å². The molecule has 11 nitrogen and oxygen atoms in total. The minimum absolute atomic E-state index is 0.0248. The van der Waals surface area contributed by atoms with Gasteiger partial charge in [0.1, 0.15) is 18.2 Å². The Bertz CT molecular complexity index is 1100. The molecule has 1 fully saturated rings. The molecule has 0 unspecified atom stereocenters. The molecule has 1 aliphatic heterocycles.